The maximum absolute atomic E-state index is 12.8. The second kappa shape index (κ2) is 10.1. The van der Waals surface area contributed by atoms with E-state index in [-0.39, 0.29) is 25.0 Å². The number of benzene rings is 2. The third-order valence-electron chi connectivity index (χ3n) is 6.79. The van der Waals surface area contributed by atoms with Crippen molar-refractivity contribution in [1.82, 2.24) is 10.6 Å². The van der Waals surface area contributed by atoms with Gasteiger partial charge in [0, 0.05) is 18.5 Å². The van der Waals surface area contributed by atoms with E-state index < -0.39 is 29.4 Å². The largest absolute Gasteiger partial charge is 0.481 e. The zero-order valence-electron chi connectivity index (χ0n) is 19.6. The zero-order chi connectivity index (χ0) is 24.2. The van der Waals surface area contributed by atoms with Crippen molar-refractivity contribution >= 4 is 18.0 Å². The lowest BCUT2D eigenvalue weighted by atomic mass is 9.85. The van der Waals surface area contributed by atoms with E-state index in [4.69, 9.17) is 9.84 Å². The van der Waals surface area contributed by atoms with Gasteiger partial charge in [-0.25, -0.2) is 4.79 Å². The molecule has 176 valence electrons. The van der Waals surface area contributed by atoms with Crippen LogP contribution in [0.15, 0.2) is 48.5 Å². The van der Waals surface area contributed by atoms with Crippen molar-refractivity contribution in [2.45, 2.75) is 46.1 Å². The first kappa shape index (κ1) is 24.3. The minimum Gasteiger partial charge on any atom is -0.481 e. The van der Waals surface area contributed by atoms with Crippen LogP contribution < -0.4 is 10.6 Å². The Morgan fingerprint density at radius 1 is 1.03 bits per heavy atom. The Labute approximate surface area is 194 Å². The SMILES string of the molecule is CCC(C)(CNC(=O)OCC1c2ccccc2-c2ccccc21)C(=O)NC(C)C(C)C(=O)O. The number of amides is 2. The number of ether oxygens (including phenoxy) is 1. The molecule has 7 nitrogen and oxygen atoms in total. The van der Waals surface area contributed by atoms with E-state index >= 15 is 0 Å². The molecule has 2 aromatic carbocycles. The molecule has 33 heavy (non-hydrogen) atoms. The van der Waals surface area contributed by atoms with Crippen LogP contribution in [0.3, 0.4) is 0 Å². The molecule has 0 saturated carbocycles. The van der Waals surface area contributed by atoms with Crippen molar-refractivity contribution in [2.75, 3.05) is 13.2 Å². The number of hydrogen-bond acceptors (Lipinski definition) is 4. The summed E-state index contributed by atoms with van der Waals surface area (Å²) in [5.41, 5.74) is 3.68. The fraction of sp³-hybridized carbons (Fsp3) is 0.423. The Kier molecular flexibility index (Phi) is 7.41. The van der Waals surface area contributed by atoms with Gasteiger partial charge in [-0.3, -0.25) is 9.59 Å². The number of carboxylic acid groups (broad SMARTS) is 1. The topological polar surface area (TPSA) is 105 Å². The summed E-state index contributed by atoms with van der Waals surface area (Å²) in [6, 6.07) is 15.7. The highest BCUT2D eigenvalue weighted by molar-refractivity contribution is 5.84. The second-order valence-corrected chi connectivity index (χ2v) is 8.98. The van der Waals surface area contributed by atoms with Gasteiger partial charge in [-0.15, -0.1) is 0 Å². The van der Waals surface area contributed by atoms with Crippen LogP contribution in [0, 0.1) is 11.3 Å². The maximum atomic E-state index is 12.8. The molecular weight excluding hydrogens is 420 g/mol. The first-order valence-electron chi connectivity index (χ1n) is 11.3. The van der Waals surface area contributed by atoms with E-state index in [1.54, 1.807) is 20.8 Å². The molecule has 3 unspecified atom stereocenters. The van der Waals surface area contributed by atoms with Gasteiger partial charge in [-0.05, 0) is 49.4 Å². The number of carbonyl (C=O) groups excluding carboxylic acids is 2. The number of alkyl carbamates (subject to hydrolysis) is 1. The molecule has 2 amide bonds. The summed E-state index contributed by atoms with van der Waals surface area (Å²) in [5, 5.41) is 14.6. The molecule has 0 saturated heterocycles. The Morgan fingerprint density at radius 3 is 2.09 bits per heavy atom. The van der Waals surface area contributed by atoms with Crippen LogP contribution in [-0.2, 0) is 14.3 Å². The molecule has 0 bridgehead atoms. The minimum atomic E-state index is -0.974. The van der Waals surface area contributed by atoms with Crippen LogP contribution >= 0.6 is 0 Å². The standard InChI is InChI=1S/C26H32N2O5/c1-5-26(4,24(31)28-17(3)16(2)23(29)30)15-27-25(32)33-14-22-20-12-8-6-10-18(20)19-11-7-9-13-21(19)22/h6-13,16-17,22H,5,14-15H2,1-4H3,(H,27,32)(H,28,31)(H,29,30). The lowest BCUT2D eigenvalue weighted by molar-refractivity contribution is -0.142. The van der Waals surface area contributed by atoms with Crippen LogP contribution in [0.2, 0.25) is 0 Å². The summed E-state index contributed by atoms with van der Waals surface area (Å²) in [5.74, 6) is -2.03. The summed E-state index contributed by atoms with van der Waals surface area (Å²) in [6.45, 7) is 7.08. The predicted octanol–water partition coefficient (Wildman–Crippen LogP) is 4.17. The molecule has 0 spiro atoms. The summed E-state index contributed by atoms with van der Waals surface area (Å²) in [4.78, 5) is 36.4. The van der Waals surface area contributed by atoms with Crippen molar-refractivity contribution in [3.8, 4) is 11.1 Å². The zero-order valence-corrected chi connectivity index (χ0v) is 19.6. The fourth-order valence-electron chi connectivity index (χ4n) is 4.00. The van der Waals surface area contributed by atoms with Gasteiger partial charge in [0.1, 0.15) is 6.61 Å². The van der Waals surface area contributed by atoms with E-state index in [0.717, 1.165) is 22.3 Å². The van der Waals surface area contributed by atoms with Gasteiger partial charge in [0.15, 0.2) is 0 Å². The van der Waals surface area contributed by atoms with E-state index in [9.17, 15) is 14.4 Å². The number of carboxylic acids is 1. The molecule has 0 aromatic heterocycles. The van der Waals surface area contributed by atoms with Gasteiger partial charge >= 0.3 is 12.1 Å². The van der Waals surface area contributed by atoms with Gasteiger partial charge in [0.2, 0.25) is 5.91 Å². The Bertz CT molecular complexity index is 991. The second-order valence-electron chi connectivity index (χ2n) is 8.98. The Balaban J connectivity index is 1.58. The van der Waals surface area contributed by atoms with Gasteiger partial charge in [-0.1, -0.05) is 55.5 Å². The first-order chi connectivity index (χ1) is 15.7. The highest BCUT2D eigenvalue weighted by atomic mass is 16.5. The molecule has 2 aromatic rings. The summed E-state index contributed by atoms with van der Waals surface area (Å²) in [7, 11) is 0. The van der Waals surface area contributed by atoms with Gasteiger partial charge in [-0.2, -0.15) is 0 Å². The average Bonchev–Trinajstić information content (AvgIpc) is 3.14. The van der Waals surface area contributed by atoms with Crippen molar-refractivity contribution in [3.05, 3.63) is 59.7 Å². The third kappa shape index (κ3) is 5.18. The quantitative estimate of drug-likeness (QED) is 0.530. The van der Waals surface area contributed by atoms with Crippen molar-refractivity contribution < 1.29 is 24.2 Å². The molecule has 0 heterocycles. The first-order valence-corrected chi connectivity index (χ1v) is 11.3. The van der Waals surface area contributed by atoms with Crippen molar-refractivity contribution in [2.24, 2.45) is 11.3 Å². The monoisotopic (exact) mass is 452 g/mol. The van der Waals surface area contributed by atoms with Crippen LogP contribution in [0.25, 0.3) is 11.1 Å². The van der Waals surface area contributed by atoms with E-state index in [0.29, 0.717) is 6.42 Å². The van der Waals surface area contributed by atoms with E-state index in [1.807, 2.05) is 31.2 Å². The van der Waals surface area contributed by atoms with Crippen LogP contribution in [-0.4, -0.2) is 42.3 Å². The highest BCUT2D eigenvalue weighted by Gasteiger charge is 2.35. The smallest absolute Gasteiger partial charge is 0.407 e. The van der Waals surface area contributed by atoms with Gasteiger partial charge < -0.3 is 20.5 Å². The van der Waals surface area contributed by atoms with Crippen molar-refractivity contribution in [1.29, 1.82) is 0 Å². The maximum Gasteiger partial charge on any atom is 0.407 e. The summed E-state index contributed by atoms with van der Waals surface area (Å²) >= 11 is 0. The lowest BCUT2D eigenvalue weighted by Crippen LogP contribution is -2.50. The van der Waals surface area contributed by atoms with Crippen LogP contribution in [0.1, 0.15) is 51.2 Å². The molecule has 0 radical (unpaired) electrons. The number of aliphatic carboxylic acids is 1. The molecule has 3 N–H and O–H groups in total. The number of nitrogens with one attached hydrogen (secondary N) is 2. The predicted molar refractivity (Wildman–Crippen MR) is 126 cm³/mol. The number of rotatable bonds is 9. The molecule has 7 heteroatoms. The molecule has 3 rings (SSSR count). The normalized spacial score (nSPS) is 16.0. The lowest BCUT2D eigenvalue weighted by Gasteiger charge is -2.30. The number of fused-ring (bicyclic) bond motifs is 3. The van der Waals surface area contributed by atoms with E-state index in [1.165, 1.54) is 0 Å². The van der Waals surface area contributed by atoms with Crippen LogP contribution in [0.5, 0.6) is 0 Å². The Morgan fingerprint density at radius 2 is 1.58 bits per heavy atom. The summed E-state index contributed by atoms with van der Waals surface area (Å²) < 4.78 is 5.55. The van der Waals surface area contributed by atoms with Gasteiger partial charge in [0.05, 0.1) is 11.3 Å². The highest BCUT2D eigenvalue weighted by Crippen LogP contribution is 2.44. The molecule has 0 fully saturated rings. The van der Waals surface area contributed by atoms with Gasteiger partial charge in [0.25, 0.3) is 0 Å². The third-order valence-corrected chi connectivity index (χ3v) is 6.79. The number of carbonyl (C=O) groups is 3. The Hall–Kier alpha value is -3.35. The fourth-order valence-corrected chi connectivity index (χ4v) is 4.00. The van der Waals surface area contributed by atoms with Crippen LogP contribution in [0.4, 0.5) is 4.79 Å². The number of hydrogen-bond donors (Lipinski definition) is 3. The minimum absolute atomic E-state index is 0.0395. The van der Waals surface area contributed by atoms with E-state index in [2.05, 4.69) is 34.9 Å². The molecule has 1 aliphatic carbocycles. The summed E-state index contributed by atoms with van der Waals surface area (Å²) in [6.07, 6.45) is -0.118. The molecular formula is C26H32N2O5. The molecule has 1 aliphatic rings. The average molecular weight is 453 g/mol. The molecule has 3 atom stereocenters. The molecule has 0 aliphatic heterocycles. The van der Waals surface area contributed by atoms with Crippen molar-refractivity contribution in [3.63, 3.8) is 0 Å².